The SMILES string of the molecule is COc1ccccc1N1CCN(C(=O)CC2CCOC3(CCN(C(C)=O)CC3)C2)CC1. The lowest BCUT2D eigenvalue weighted by molar-refractivity contribution is -0.148. The molecule has 7 nitrogen and oxygen atoms in total. The van der Waals surface area contributed by atoms with Gasteiger partial charge >= 0.3 is 0 Å². The molecule has 7 heteroatoms. The Kier molecular flexibility index (Phi) is 6.70. The van der Waals surface area contributed by atoms with Gasteiger partial charge in [0.15, 0.2) is 0 Å². The Hall–Kier alpha value is -2.28. The highest BCUT2D eigenvalue weighted by atomic mass is 16.5. The van der Waals surface area contributed by atoms with Crippen molar-refractivity contribution in [1.82, 2.24) is 9.80 Å². The molecule has 3 heterocycles. The molecule has 1 aromatic carbocycles. The van der Waals surface area contributed by atoms with Crippen LogP contribution in [0.1, 0.15) is 39.0 Å². The van der Waals surface area contributed by atoms with Crippen LogP contribution in [-0.4, -0.2) is 80.2 Å². The maximum Gasteiger partial charge on any atom is 0.222 e. The summed E-state index contributed by atoms with van der Waals surface area (Å²) in [7, 11) is 1.70. The molecule has 1 aromatic rings. The number of anilines is 1. The normalized spacial score (nSPS) is 23.7. The Balaban J connectivity index is 1.28. The monoisotopic (exact) mass is 429 g/mol. The molecule has 31 heavy (non-hydrogen) atoms. The van der Waals surface area contributed by atoms with E-state index >= 15 is 0 Å². The summed E-state index contributed by atoms with van der Waals surface area (Å²) in [5.41, 5.74) is 0.956. The van der Waals surface area contributed by atoms with E-state index in [0.29, 0.717) is 12.3 Å². The molecule has 1 spiro atoms. The van der Waals surface area contributed by atoms with E-state index in [2.05, 4.69) is 11.0 Å². The van der Waals surface area contributed by atoms with Crippen LogP contribution in [0.25, 0.3) is 0 Å². The lowest BCUT2D eigenvalue weighted by Gasteiger charge is -2.46. The Morgan fingerprint density at radius 2 is 1.77 bits per heavy atom. The number of piperazine rings is 1. The predicted molar refractivity (Wildman–Crippen MR) is 119 cm³/mol. The molecule has 4 rings (SSSR count). The van der Waals surface area contributed by atoms with Gasteiger partial charge in [0.2, 0.25) is 11.8 Å². The molecule has 0 aliphatic carbocycles. The van der Waals surface area contributed by atoms with Gasteiger partial charge in [0, 0.05) is 59.2 Å². The molecule has 0 aromatic heterocycles. The highest BCUT2D eigenvalue weighted by Gasteiger charge is 2.41. The minimum atomic E-state index is -0.141. The summed E-state index contributed by atoms with van der Waals surface area (Å²) >= 11 is 0. The number of likely N-dealkylation sites (tertiary alicyclic amines) is 1. The highest BCUT2D eigenvalue weighted by Crippen LogP contribution is 2.39. The van der Waals surface area contributed by atoms with E-state index in [1.54, 1.807) is 14.0 Å². The number of hydrogen-bond donors (Lipinski definition) is 0. The number of para-hydroxylation sites is 2. The fourth-order valence-electron chi connectivity index (χ4n) is 5.34. The van der Waals surface area contributed by atoms with E-state index in [1.807, 2.05) is 28.0 Å². The average molecular weight is 430 g/mol. The zero-order valence-corrected chi connectivity index (χ0v) is 18.8. The van der Waals surface area contributed by atoms with Crippen molar-refractivity contribution < 1.29 is 19.1 Å². The lowest BCUT2D eigenvalue weighted by Crippen LogP contribution is -2.52. The van der Waals surface area contributed by atoms with E-state index in [4.69, 9.17) is 9.47 Å². The first kappa shape index (κ1) is 21.9. The fraction of sp³-hybridized carbons (Fsp3) is 0.667. The molecule has 0 N–H and O–H groups in total. The number of nitrogens with zero attached hydrogens (tertiary/aromatic N) is 3. The van der Waals surface area contributed by atoms with Crippen molar-refractivity contribution >= 4 is 17.5 Å². The van der Waals surface area contributed by atoms with Gasteiger partial charge in [-0.1, -0.05) is 12.1 Å². The van der Waals surface area contributed by atoms with Crippen LogP contribution < -0.4 is 9.64 Å². The van der Waals surface area contributed by atoms with Gasteiger partial charge in [0.05, 0.1) is 18.4 Å². The Morgan fingerprint density at radius 1 is 1.06 bits per heavy atom. The second-order valence-electron chi connectivity index (χ2n) is 9.14. The van der Waals surface area contributed by atoms with Crippen molar-refractivity contribution in [2.24, 2.45) is 5.92 Å². The Bertz CT molecular complexity index is 783. The van der Waals surface area contributed by atoms with Crippen LogP contribution in [0, 0.1) is 5.92 Å². The average Bonchev–Trinajstić information content (AvgIpc) is 2.79. The molecule has 1 atom stereocenters. The third kappa shape index (κ3) is 4.97. The van der Waals surface area contributed by atoms with Gasteiger partial charge in [-0.3, -0.25) is 9.59 Å². The van der Waals surface area contributed by atoms with E-state index in [9.17, 15) is 9.59 Å². The number of ether oxygens (including phenoxy) is 2. The second-order valence-corrected chi connectivity index (χ2v) is 9.14. The minimum absolute atomic E-state index is 0.141. The first-order valence-corrected chi connectivity index (χ1v) is 11.5. The number of amides is 2. The second kappa shape index (κ2) is 9.47. The van der Waals surface area contributed by atoms with Crippen molar-refractivity contribution in [1.29, 1.82) is 0 Å². The Morgan fingerprint density at radius 3 is 2.45 bits per heavy atom. The third-order valence-electron chi connectivity index (χ3n) is 7.24. The van der Waals surface area contributed by atoms with Crippen molar-refractivity contribution in [2.75, 3.05) is 57.9 Å². The maximum absolute atomic E-state index is 13.0. The maximum atomic E-state index is 13.0. The van der Waals surface area contributed by atoms with E-state index < -0.39 is 0 Å². The molecule has 0 saturated carbocycles. The van der Waals surface area contributed by atoms with Crippen molar-refractivity contribution in [3.8, 4) is 5.75 Å². The molecule has 3 saturated heterocycles. The lowest BCUT2D eigenvalue weighted by atomic mass is 9.78. The smallest absolute Gasteiger partial charge is 0.222 e. The molecule has 3 aliphatic rings. The van der Waals surface area contributed by atoms with Crippen LogP contribution >= 0.6 is 0 Å². The number of rotatable bonds is 4. The van der Waals surface area contributed by atoms with E-state index in [1.165, 1.54) is 0 Å². The minimum Gasteiger partial charge on any atom is -0.495 e. The van der Waals surface area contributed by atoms with Crippen LogP contribution in [0.2, 0.25) is 0 Å². The summed E-state index contributed by atoms with van der Waals surface area (Å²) in [6.45, 7) is 7.03. The number of piperidine rings is 1. The number of hydrogen-bond acceptors (Lipinski definition) is 5. The molecule has 1 unspecified atom stereocenters. The first-order valence-electron chi connectivity index (χ1n) is 11.5. The van der Waals surface area contributed by atoms with Crippen molar-refractivity contribution in [3.63, 3.8) is 0 Å². The summed E-state index contributed by atoms with van der Waals surface area (Å²) < 4.78 is 11.7. The molecule has 3 fully saturated rings. The van der Waals surface area contributed by atoms with Crippen LogP contribution in [0.15, 0.2) is 24.3 Å². The predicted octanol–water partition coefficient (Wildman–Crippen LogP) is 2.54. The Labute approximate surface area is 185 Å². The number of methoxy groups -OCH3 is 1. The molecule has 2 amide bonds. The quantitative estimate of drug-likeness (QED) is 0.736. The molecular weight excluding hydrogens is 394 g/mol. The summed E-state index contributed by atoms with van der Waals surface area (Å²) in [6.07, 6.45) is 4.26. The summed E-state index contributed by atoms with van der Waals surface area (Å²) in [5, 5.41) is 0. The van der Waals surface area contributed by atoms with Crippen LogP contribution in [-0.2, 0) is 14.3 Å². The molecule has 0 bridgehead atoms. The highest BCUT2D eigenvalue weighted by molar-refractivity contribution is 5.77. The van der Waals surface area contributed by atoms with Gasteiger partial charge in [-0.15, -0.1) is 0 Å². The molecular formula is C24H35N3O4. The van der Waals surface area contributed by atoms with Gasteiger partial charge < -0.3 is 24.2 Å². The van der Waals surface area contributed by atoms with Crippen LogP contribution in [0.5, 0.6) is 5.75 Å². The first-order chi connectivity index (χ1) is 15.0. The molecule has 3 aliphatic heterocycles. The zero-order chi connectivity index (χ0) is 21.8. The van der Waals surface area contributed by atoms with Crippen molar-refractivity contribution in [3.05, 3.63) is 24.3 Å². The van der Waals surface area contributed by atoms with Crippen LogP contribution in [0.4, 0.5) is 5.69 Å². The topological polar surface area (TPSA) is 62.3 Å². The number of benzene rings is 1. The van der Waals surface area contributed by atoms with Crippen molar-refractivity contribution in [2.45, 2.75) is 44.6 Å². The van der Waals surface area contributed by atoms with E-state index in [-0.39, 0.29) is 17.4 Å². The largest absolute Gasteiger partial charge is 0.495 e. The summed E-state index contributed by atoms with van der Waals surface area (Å²) in [6, 6.07) is 8.06. The number of carbonyl (C=O) groups excluding carboxylic acids is 2. The summed E-state index contributed by atoms with van der Waals surface area (Å²) in [4.78, 5) is 30.9. The molecule has 0 radical (unpaired) electrons. The van der Waals surface area contributed by atoms with Crippen LogP contribution in [0.3, 0.4) is 0 Å². The standard InChI is InChI=1S/C24H35N3O4/c1-19(28)25-10-8-24(9-11-25)18-20(7-16-31-24)17-23(29)27-14-12-26(13-15-27)21-5-3-4-6-22(21)30-2/h3-6,20H,7-18H2,1-2H3. The number of carbonyl (C=O) groups is 2. The van der Waals surface area contributed by atoms with Gasteiger partial charge in [0.1, 0.15) is 5.75 Å². The zero-order valence-electron chi connectivity index (χ0n) is 18.8. The third-order valence-corrected chi connectivity index (χ3v) is 7.24. The van der Waals surface area contributed by atoms with Gasteiger partial charge in [-0.25, -0.2) is 0 Å². The van der Waals surface area contributed by atoms with Gasteiger partial charge in [-0.2, -0.15) is 0 Å². The summed E-state index contributed by atoms with van der Waals surface area (Å²) in [5.74, 6) is 1.66. The van der Waals surface area contributed by atoms with E-state index in [0.717, 1.165) is 83.0 Å². The molecule has 170 valence electrons. The van der Waals surface area contributed by atoms with Gasteiger partial charge in [0.25, 0.3) is 0 Å². The fourth-order valence-corrected chi connectivity index (χ4v) is 5.34. The van der Waals surface area contributed by atoms with Gasteiger partial charge in [-0.05, 0) is 43.7 Å².